The van der Waals surface area contributed by atoms with Gasteiger partial charge in [0.15, 0.2) is 0 Å². The molecule has 7 nitrogen and oxygen atoms in total. The number of carbonyl (C=O) groups excluding carboxylic acids is 3. The van der Waals surface area contributed by atoms with Crippen molar-refractivity contribution in [2.75, 3.05) is 4.90 Å². The van der Waals surface area contributed by atoms with Crippen LogP contribution >= 0.6 is 11.6 Å². The van der Waals surface area contributed by atoms with E-state index in [1.54, 1.807) is 68.6 Å². The Bertz CT molecular complexity index is 1270. The van der Waals surface area contributed by atoms with Crippen LogP contribution in [0.1, 0.15) is 41.4 Å². The van der Waals surface area contributed by atoms with Gasteiger partial charge in [-0.05, 0) is 74.0 Å². The van der Waals surface area contributed by atoms with Gasteiger partial charge in [0, 0.05) is 28.7 Å². The molecule has 3 aromatic rings. The SMILES string of the molecule is CC(C)OC(=O)c1ccc(N2C(=O)C(=O)/C(=C(/O)c3ccc(Cl)cc3)C2c2cccnc2)cc1. The van der Waals surface area contributed by atoms with E-state index in [-0.39, 0.29) is 17.4 Å². The Balaban J connectivity index is 1.82. The number of rotatable bonds is 5. The fraction of sp³-hybridized carbons (Fsp3) is 0.154. The lowest BCUT2D eigenvalue weighted by Crippen LogP contribution is -2.29. The zero-order chi connectivity index (χ0) is 24.4. The van der Waals surface area contributed by atoms with Crippen molar-refractivity contribution in [1.29, 1.82) is 0 Å². The Morgan fingerprint density at radius 2 is 1.68 bits per heavy atom. The lowest BCUT2D eigenvalue weighted by Gasteiger charge is -2.25. The van der Waals surface area contributed by atoms with Crippen molar-refractivity contribution in [1.82, 2.24) is 4.98 Å². The summed E-state index contributed by atoms with van der Waals surface area (Å²) in [6, 6.07) is 15.0. The van der Waals surface area contributed by atoms with Gasteiger partial charge in [-0.2, -0.15) is 0 Å². The Hall–Kier alpha value is -3.97. The number of halogens is 1. The van der Waals surface area contributed by atoms with Crippen LogP contribution in [0, 0.1) is 0 Å². The monoisotopic (exact) mass is 476 g/mol. The van der Waals surface area contributed by atoms with Gasteiger partial charge in [0.05, 0.1) is 23.3 Å². The highest BCUT2D eigenvalue weighted by molar-refractivity contribution is 6.51. The lowest BCUT2D eigenvalue weighted by atomic mass is 9.96. The Labute approximate surface area is 201 Å². The average molecular weight is 477 g/mol. The molecule has 1 aliphatic heterocycles. The van der Waals surface area contributed by atoms with Gasteiger partial charge in [-0.15, -0.1) is 0 Å². The molecule has 8 heteroatoms. The molecule has 1 unspecified atom stereocenters. The molecule has 0 saturated carbocycles. The van der Waals surface area contributed by atoms with Crippen LogP contribution in [0.5, 0.6) is 0 Å². The van der Waals surface area contributed by atoms with Crippen LogP contribution in [0.15, 0.2) is 78.6 Å². The standard InChI is InChI=1S/C26H21ClN2O5/c1-15(2)34-26(33)17-7-11-20(12-8-17)29-22(18-4-3-13-28-14-18)21(24(31)25(29)32)23(30)16-5-9-19(27)10-6-16/h3-15,22,30H,1-2H3/b23-21+. The molecule has 1 amide bonds. The fourth-order valence-electron chi connectivity index (χ4n) is 3.76. The molecule has 34 heavy (non-hydrogen) atoms. The van der Waals surface area contributed by atoms with Crippen LogP contribution in [0.3, 0.4) is 0 Å². The minimum absolute atomic E-state index is 0.0661. The van der Waals surface area contributed by atoms with Crippen molar-refractivity contribution >= 4 is 40.7 Å². The van der Waals surface area contributed by atoms with E-state index < -0.39 is 23.7 Å². The van der Waals surface area contributed by atoms with E-state index in [0.29, 0.717) is 27.4 Å². The number of hydrogen-bond acceptors (Lipinski definition) is 6. The molecule has 0 spiro atoms. The summed E-state index contributed by atoms with van der Waals surface area (Å²) in [6.07, 6.45) is 2.83. The lowest BCUT2D eigenvalue weighted by molar-refractivity contribution is -0.132. The number of aliphatic hydroxyl groups excluding tert-OH is 1. The number of anilines is 1. The van der Waals surface area contributed by atoms with Gasteiger partial charge < -0.3 is 9.84 Å². The van der Waals surface area contributed by atoms with Crippen LogP contribution in [0.4, 0.5) is 5.69 Å². The van der Waals surface area contributed by atoms with E-state index in [4.69, 9.17) is 16.3 Å². The van der Waals surface area contributed by atoms with Crippen LogP contribution in [-0.4, -0.2) is 33.9 Å². The fourth-order valence-corrected chi connectivity index (χ4v) is 3.88. The molecule has 1 fully saturated rings. The first-order valence-electron chi connectivity index (χ1n) is 10.6. The largest absolute Gasteiger partial charge is 0.507 e. The molecule has 0 bridgehead atoms. The van der Waals surface area contributed by atoms with Gasteiger partial charge in [0.1, 0.15) is 5.76 Å². The van der Waals surface area contributed by atoms with Crippen molar-refractivity contribution < 1.29 is 24.2 Å². The summed E-state index contributed by atoms with van der Waals surface area (Å²) in [5.74, 6) is -2.44. The zero-order valence-corrected chi connectivity index (χ0v) is 19.2. The first-order valence-corrected chi connectivity index (χ1v) is 10.9. The number of ketones is 1. The number of amides is 1. The van der Waals surface area contributed by atoms with Crippen molar-refractivity contribution in [3.05, 3.63) is 100 Å². The van der Waals surface area contributed by atoms with Crippen LogP contribution < -0.4 is 4.90 Å². The Kier molecular flexibility index (Phi) is 6.47. The molecule has 1 aliphatic rings. The van der Waals surface area contributed by atoms with E-state index in [0.717, 1.165) is 0 Å². The maximum absolute atomic E-state index is 13.2. The van der Waals surface area contributed by atoms with E-state index in [9.17, 15) is 19.5 Å². The molecular formula is C26H21ClN2O5. The second kappa shape index (κ2) is 9.49. The highest BCUT2D eigenvalue weighted by atomic mass is 35.5. The smallest absolute Gasteiger partial charge is 0.338 e. The molecule has 1 N–H and O–H groups in total. The van der Waals surface area contributed by atoms with Gasteiger partial charge in [-0.25, -0.2) is 4.79 Å². The summed E-state index contributed by atoms with van der Waals surface area (Å²) in [7, 11) is 0. The van der Waals surface area contributed by atoms with E-state index in [2.05, 4.69) is 4.98 Å². The van der Waals surface area contributed by atoms with Gasteiger partial charge in [0.25, 0.3) is 11.7 Å². The zero-order valence-electron chi connectivity index (χ0n) is 18.4. The predicted molar refractivity (Wildman–Crippen MR) is 127 cm³/mol. The summed E-state index contributed by atoms with van der Waals surface area (Å²) in [5, 5.41) is 11.5. The first kappa shape index (κ1) is 23.2. The predicted octanol–water partition coefficient (Wildman–Crippen LogP) is 4.93. The van der Waals surface area contributed by atoms with Crippen molar-refractivity contribution in [3.63, 3.8) is 0 Å². The number of hydrogen-bond donors (Lipinski definition) is 1. The quantitative estimate of drug-likeness (QED) is 0.243. The molecular weight excluding hydrogens is 456 g/mol. The Morgan fingerprint density at radius 3 is 2.26 bits per heavy atom. The minimum atomic E-state index is -0.919. The van der Waals surface area contributed by atoms with E-state index >= 15 is 0 Å². The number of nitrogens with zero attached hydrogens (tertiary/aromatic N) is 2. The number of esters is 1. The molecule has 1 saturated heterocycles. The second-order valence-electron chi connectivity index (χ2n) is 7.96. The summed E-state index contributed by atoms with van der Waals surface area (Å²) < 4.78 is 5.20. The third kappa shape index (κ3) is 4.43. The number of Topliss-reactive ketones (excluding diaryl/α,β-unsaturated/α-hetero) is 1. The van der Waals surface area contributed by atoms with Crippen LogP contribution in [0.2, 0.25) is 5.02 Å². The number of ether oxygens (including phenoxy) is 1. The maximum Gasteiger partial charge on any atom is 0.338 e. The van der Waals surface area contributed by atoms with Crippen LogP contribution in [0.25, 0.3) is 5.76 Å². The highest BCUT2D eigenvalue weighted by Crippen LogP contribution is 2.42. The third-order valence-electron chi connectivity index (χ3n) is 5.29. The molecule has 2 aromatic carbocycles. The normalized spacial score (nSPS) is 17.3. The number of benzene rings is 2. The number of aromatic nitrogens is 1. The van der Waals surface area contributed by atoms with Gasteiger partial charge in [0.2, 0.25) is 0 Å². The summed E-state index contributed by atoms with van der Waals surface area (Å²) >= 11 is 5.95. The summed E-state index contributed by atoms with van der Waals surface area (Å²) in [5.41, 5.74) is 1.52. The third-order valence-corrected chi connectivity index (χ3v) is 5.54. The van der Waals surface area contributed by atoms with Crippen molar-refractivity contribution in [3.8, 4) is 0 Å². The maximum atomic E-state index is 13.2. The minimum Gasteiger partial charge on any atom is -0.507 e. The topological polar surface area (TPSA) is 96.8 Å². The van der Waals surface area contributed by atoms with Crippen LogP contribution in [-0.2, 0) is 14.3 Å². The molecule has 4 rings (SSSR count). The molecule has 0 radical (unpaired) electrons. The van der Waals surface area contributed by atoms with Crippen molar-refractivity contribution in [2.24, 2.45) is 0 Å². The molecule has 2 heterocycles. The summed E-state index contributed by atoms with van der Waals surface area (Å²) in [4.78, 5) is 43.9. The second-order valence-corrected chi connectivity index (χ2v) is 8.40. The average Bonchev–Trinajstić information content (AvgIpc) is 3.10. The number of carbonyl (C=O) groups is 3. The molecule has 1 aromatic heterocycles. The van der Waals surface area contributed by atoms with Crippen molar-refractivity contribution in [2.45, 2.75) is 26.0 Å². The first-order chi connectivity index (χ1) is 16.3. The molecule has 0 aliphatic carbocycles. The highest BCUT2D eigenvalue weighted by Gasteiger charge is 2.47. The molecule has 172 valence electrons. The number of aliphatic hydroxyl groups is 1. The van der Waals surface area contributed by atoms with Gasteiger partial charge in [-0.3, -0.25) is 19.5 Å². The number of pyridine rings is 1. The summed E-state index contributed by atoms with van der Waals surface area (Å²) in [6.45, 7) is 3.50. The van der Waals surface area contributed by atoms with E-state index in [1.165, 1.54) is 23.2 Å². The Morgan fingerprint density at radius 1 is 1.03 bits per heavy atom. The van der Waals surface area contributed by atoms with Gasteiger partial charge in [-0.1, -0.05) is 17.7 Å². The van der Waals surface area contributed by atoms with Gasteiger partial charge >= 0.3 is 5.97 Å². The van der Waals surface area contributed by atoms with E-state index in [1.807, 2.05) is 0 Å². The molecule has 1 atom stereocenters.